The fraction of sp³-hybridized carbons (Fsp3) is 0.417. The van der Waals surface area contributed by atoms with E-state index in [9.17, 15) is 14.9 Å². The lowest BCUT2D eigenvalue weighted by atomic mass is 10.1. The van der Waals surface area contributed by atoms with Gasteiger partial charge in [0.15, 0.2) is 5.75 Å². The van der Waals surface area contributed by atoms with Gasteiger partial charge >= 0.3 is 11.7 Å². The van der Waals surface area contributed by atoms with E-state index in [0.717, 1.165) is 5.56 Å². The molecule has 0 aliphatic heterocycles. The lowest BCUT2D eigenvalue weighted by Gasteiger charge is -2.15. The molecular formula is C12H16N2O5. The second-order valence-electron chi connectivity index (χ2n) is 3.78. The summed E-state index contributed by atoms with van der Waals surface area (Å²) in [6.07, 6.45) is -0.394. The van der Waals surface area contributed by atoms with Gasteiger partial charge in [0.1, 0.15) is 0 Å². The van der Waals surface area contributed by atoms with E-state index in [1.165, 1.54) is 19.2 Å². The van der Waals surface area contributed by atoms with Crippen molar-refractivity contribution in [2.75, 3.05) is 13.7 Å². The highest BCUT2D eigenvalue weighted by Gasteiger charge is 2.24. The van der Waals surface area contributed by atoms with Gasteiger partial charge in [-0.3, -0.25) is 10.1 Å². The first kappa shape index (κ1) is 14.9. The van der Waals surface area contributed by atoms with E-state index in [0.29, 0.717) is 6.42 Å². The van der Waals surface area contributed by atoms with E-state index < -0.39 is 17.0 Å². The van der Waals surface area contributed by atoms with Gasteiger partial charge in [-0.15, -0.1) is 0 Å². The van der Waals surface area contributed by atoms with E-state index in [2.05, 4.69) is 4.74 Å². The maximum atomic E-state index is 11.4. The summed E-state index contributed by atoms with van der Waals surface area (Å²) < 4.78 is 9.77. The number of ether oxygens (including phenoxy) is 2. The first-order valence-corrected chi connectivity index (χ1v) is 5.75. The summed E-state index contributed by atoms with van der Waals surface area (Å²) >= 11 is 0. The summed E-state index contributed by atoms with van der Waals surface area (Å²) in [4.78, 5) is 21.8. The van der Waals surface area contributed by atoms with Crippen molar-refractivity contribution in [3.8, 4) is 5.75 Å². The van der Waals surface area contributed by atoms with Gasteiger partial charge in [-0.25, -0.2) is 4.79 Å². The van der Waals surface area contributed by atoms with Gasteiger partial charge in [-0.2, -0.15) is 0 Å². The zero-order chi connectivity index (χ0) is 14.4. The summed E-state index contributed by atoms with van der Waals surface area (Å²) in [5, 5.41) is 11.0. The van der Waals surface area contributed by atoms with Crippen molar-refractivity contribution < 1.29 is 19.2 Å². The van der Waals surface area contributed by atoms with Crippen molar-refractivity contribution in [2.24, 2.45) is 5.73 Å². The Morgan fingerprint density at radius 2 is 2.21 bits per heavy atom. The molecule has 1 atom stereocenters. The zero-order valence-electron chi connectivity index (χ0n) is 10.8. The van der Waals surface area contributed by atoms with Crippen molar-refractivity contribution in [3.63, 3.8) is 0 Å². The Hall–Kier alpha value is -2.15. The molecule has 0 heterocycles. The molecule has 0 amide bonds. The van der Waals surface area contributed by atoms with Crippen LogP contribution in [0.1, 0.15) is 12.5 Å². The molecule has 1 aromatic carbocycles. The first-order chi connectivity index (χ1) is 9.03. The summed E-state index contributed by atoms with van der Waals surface area (Å²) in [7, 11) is 1.20. The van der Waals surface area contributed by atoms with E-state index in [1.807, 2.05) is 6.92 Å². The smallest absolute Gasteiger partial charge is 0.348 e. The Balaban J connectivity index is 3.05. The van der Waals surface area contributed by atoms with Crippen LogP contribution in [0.4, 0.5) is 5.69 Å². The van der Waals surface area contributed by atoms with Crippen molar-refractivity contribution in [1.29, 1.82) is 0 Å². The highest BCUT2D eigenvalue weighted by atomic mass is 16.6. The molecule has 0 fully saturated rings. The molecule has 1 unspecified atom stereocenters. The van der Waals surface area contributed by atoms with E-state index in [1.54, 1.807) is 6.07 Å². The summed E-state index contributed by atoms with van der Waals surface area (Å²) in [6.45, 7) is 1.76. The van der Waals surface area contributed by atoms with Crippen LogP contribution < -0.4 is 10.5 Å². The van der Waals surface area contributed by atoms with E-state index >= 15 is 0 Å². The number of carbonyl (C=O) groups is 1. The SMILES string of the molecule is CCc1ccc(OC(CN)C(=O)OC)c([N+](=O)[O-])c1. The number of hydrogen-bond acceptors (Lipinski definition) is 6. The Bertz CT molecular complexity index is 475. The number of rotatable bonds is 6. The number of esters is 1. The molecule has 104 valence electrons. The number of carbonyl (C=O) groups excluding carboxylic acids is 1. The van der Waals surface area contributed by atoms with Gasteiger partial charge in [0.25, 0.3) is 0 Å². The standard InChI is InChI=1S/C12H16N2O5/c1-3-8-4-5-10(9(6-8)14(16)17)19-11(7-13)12(15)18-2/h4-6,11H,3,7,13H2,1-2H3. The minimum absolute atomic E-state index is 0.00282. The Kier molecular flexibility index (Phi) is 5.25. The number of nitrogens with two attached hydrogens (primary N) is 1. The molecule has 0 aliphatic rings. The molecule has 1 aromatic rings. The number of nitro groups is 1. The molecule has 7 heteroatoms. The third-order valence-electron chi connectivity index (χ3n) is 2.58. The van der Waals surface area contributed by atoms with Crippen LogP contribution in [-0.2, 0) is 16.0 Å². The van der Waals surface area contributed by atoms with Crippen molar-refractivity contribution in [3.05, 3.63) is 33.9 Å². The minimum atomic E-state index is -1.06. The van der Waals surface area contributed by atoms with Gasteiger partial charge in [0.2, 0.25) is 6.10 Å². The maximum Gasteiger partial charge on any atom is 0.348 e. The minimum Gasteiger partial charge on any atom is -0.470 e. The summed E-state index contributed by atoms with van der Waals surface area (Å²) in [6, 6.07) is 4.58. The summed E-state index contributed by atoms with van der Waals surface area (Å²) in [5.41, 5.74) is 6.00. The van der Waals surface area contributed by atoms with E-state index in [4.69, 9.17) is 10.5 Å². The molecule has 0 saturated carbocycles. The lowest BCUT2D eigenvalue weighted by molar-refractivity contribution is -0.386. The third kappa shape index (κ3) is 3.65. The van der Waals surface area contributed by atoms with Crippen LogP contribution in [0.15, 0.2) is 18.2 Å². The van der Waals surface area contributed by atoms with Crippen LogP contribution in [0, 0.1) is 10.1 Å². The number of methoxy groups -OCH3 is 1. The molecule has 0 radical (unpaired) electrons. The highest BCUT2D eigenvalue weighted by Crippen LogP contribution is 2.29. The maximum absolute atomic E-state index is 11.4. The second kappa shape index (κ2) is 6.69. The molecule has 1 rings (SSSR count). The van der Waals surface area contributed by atoms with Gasteiger partial charge < -0.3 is 15.2 Å². The van der Waals surface area contributed by atoms with Crippen LogP contribution in [0.3, 0.4) is 0 Å². The van der Waals surface area contributed by atoms with Crippen LogP contribution in [0.25, 0.3) is 0 Å². The monoisotopic (exact) mass is 268 g/mol. The topological polar surface area (TPSA) is 105 Å². The molecule has 0 aromatic heterocycles. The molecule has 0 aliphatic carbocycles. The zero-order valence-corrected chi connectivity index (χ0v) is 10.8. The Labute approximate surface area is 110 Å². The molecule has 0 spiro atoms. The van der Waals surface area contributed by atoms with Crippen LogP contribution in [-0.4, -0.2) is 30.7 Å². The van der Waals surface area contributed by atoms with Crippen molar-refractivity contribution >= 4 is 11.7 Å². The average Bonchev–Trinajstić information content (AvgIpc) is 2.43. The molecular weight excluding hydrogens is 252 g/mol. The van der Waals surface area contributed by atoms with Gasteiger partial charge in [-0.05, 0) is 18.1 Å². The Morgan fingerprint density at radius 1 is 1.53 bits per heavy atom. The third-order valence-corrected chi connectivity index (χ3v) is 2.58. The molecule has 19 heavy (non-hydrogen) atoms. The van der Waals surface area contributed by atoms with Crippen LogP contribution in [0.2, 0.25) is 0 Å². The highest BCUT2D eigenvalue weighted by molar-refractivity contribution is 5.75. The number of nitro benzene ring substituents is 1. The van der Waals surface area contributed by atoms with Crippen LogP contribution in [0.5, 0.6) is 5.75 Å². The largest absolute Gasteiger partial charge is 0.470 e. The molecule has 2 N–H and O–H groups in total. The van der Waals surface area contributed by atoms with E-state index in [-0.39, 0.29) is 18.0 Å². The predicted molar refractivity (Wildman–Crippen MR) is 68.0 cm³/mol. The fourth-order valence-corrected chi connectivity index (χ4v) is 1.50. The summed E-state index contributed by atoms with van der Waals surface area (Å²) in [5.74, 6) is -0.667. The normalized spacial score (nSPS) is 11.7. The van der Waals surface area contributed by atoms with Crippen LogP contribution >= 0.6 is 0 Å². The molecule has 0 saturated heterocycles. The van der Waals surface area contributed by atoms with Gasteiger partial charge in [0.05, 0.1) is 12.0 Å². The number of benzene rings is 1. The average molecular weight is 268 g/mol. The van der Waals surface area contributed by atoms with Gasteiger partial charge in [-0.1, -0.05) is 13.0 Å². The number of aryl methyl sites for hydroxylation is 1. The molecule has 0 bridgehead atoms. The Morgan fingerprint density at radius 3 is 2.68 bits per heavy atom. The second-order valence-corrected chi connectivity index (χ2v) is 3.78. The fourth-order valence-electron chi connectivity index (χ4n) is 1.50. The number of hydrogen-bond donors (Lipinski definition) is 1. The van der Waals surface area contributed by atoms with Crippen molar-refractivity contribution in [1.82, 2.24) is 0 Å². The molecule has 7 nitrogen and oxygen atoms in total. The quantitative estimate of drug-likeness (QED) is 0.469. The predicted octanol–water partition coefficient (Wildman–Crippen LogP) is 1.04. The van der Waals surface area contributed by atoms with Crippen molar-refractivity contribution in [2.45, 2.75) is 19.4 Å². The number of nitrogens with zero attached hydrogens (tertiary/aromatic N) is 1. The first-order valence-electron chi connectivity index (χ1n) is 5.75. The van der Waals surface area contributed by atoms with Gasteiger partial charge in [0, 0.05) is 12.6 Å². The lowest BCUT2D eigenvalue weighted by Crippen LogP contribution is -2.36.